The van der Waals surface area contributed by atoms with Crippen LogP contribution in [0.25, 0.3) is 16.6 Å². The Bertz CT molecular complexity index is 1460. The monoisotopic (exact) mass is 491 g/mol. The summed E-state index contributed by atoms with van der Waals surface area (Å²) in [5, 5.41) is 0.942. The number of ether oxygens (including phenoxy) is 2. The van der Waals surface area contributed by atoms with E-state index in [-0.39, 0.29) is 17.1 Å². The topological polar surface area (TPSA) is 75.4 Å². The summed E-state index contributed by atoms with van der Waals surface area (Å²) in [6, 6.07) is 14.4. The SMILES string of the molecule is CCCn1c(C)cc(C(=O)CSc2nc3ccccc3c(=O)n2-c2ccc(OC)c(OC)c2)c1C. The van der Waals surface area contributed by atoms with Gasteiger partial charge in [-0.2, -0.15) is 0 Å². The highest BCUT2D eigenvalue weighted by Crippen LogP contribution is 2.31. The van der Waals surface area contributed by atoms with Crippen LogP contribution < -0.4 is 15.0 Å². The van der Waals surface area contributed by atoms with E-state index in [1.807, 2.05) is 32.0 Å². The van der Waals surface area contributed by atoms with Crippen LogP contribution in [0.3, 0.4) is 0 Å². The molecule has 4 aromatic rings. The van der Waals surface area contributed by atoms with Crippen LogP contribution in [0.5, 0.6) is 11.5 Å². The average Bonchev–Trinajstić information content (AvgIpc) is 3.15. The number of aryl methyl sites for hydroxylation is 1. The molecule has 0 radical (unpaired) electrons. The van der Waals surface area contributed by atoms with E-state index in [0.717, 1.165) is 24.4 Å². The van der Waals surface area contributed by atoms with Gasteiger partial charge in [0.1, 0.15) is 0 Å². The van der Waals surface area contributed by atoms with Crippen LogP contribution in [0.1, 0.15) is 35.1 Å². The number of carbonyl (C=O) groups excluding carboxylic acids is 1. The van der Waals surface area contributed by atoms with E-state index in [1.54, 1.807) is 44.6 Å². The van der Waals surface area contributed by atoms with Gasteiger partial charge >= 0.3 is 0 Å². The zero-order valence-electron chi connectivity index (χ0n) is 20.6. The van der Waals surface area contributed by atoms with E-state index in [9.17, 15) is 9.59 Å². The van der Waals surface area contributed by atoms with Crippen LogP contribution in [-0.4, -0.2) is 39.9 Å². The highest BCUT2D eigenvalue weighted by molar-refractivity contribution is 7.99. The first-order chi connectivity index (χ1) is 16.9. The predicted octanol–water partition coefficient (Wildman–Crippen LogP) is 5.21. The lowest BCUT2D eigenvalue weighted by Crippen LogP contribution is -2.22. The number of rotatable bonds is 9. The maximum absolute atomic E-state index is 13.5. The largest absolute Gasteiger partial charge is 0.493 e. The minimum Gasteiger partial charge on any atom is -0.493 e. The zero-order valence-corrected chi connectivity index (χ0v) is 21.4. The number of aromatic nitrogens is 3. The van der Waals surface area contributed by atoms with Crippen molar-refractivity contribution >= 4 is 28.4 Å². The number of benzene rings is 2. The van der Waals surface area contributed by atoms with Gasteiger partial charge < -0.3 is 14.0 Å². The third-order valence-electron chi connectivity index (χ3n) is 6.02. The third kappa shape index (κ3) is 4.71. The summed E-state index contributed by atoms with van der Waals surface area (Å²) in [5.74, 6) is 1.23. The van der Waals surface area contributed by atoms with Crippen molar-refractivity contribution in [1.82, 2.24) is 14.1 Å². The maximum atomic E-state index is 13.5. The Balaban J connectivity index is 1.76. The number of fused-ring (bicyclic) bond motifs is 1. The lowest BCUT2D eigenvalue weighted by Gasteiger charge is -2.15. The molecule has 182 valence electrons. The summed E-state index contributed by atoms with van der Waals surface area (Å²) in [6.45, 7) is 7.00. The van der Waals surface area contributed by atoms with Gasteiger partial charge in [0, 0.05) is 29.6 Å². The lowest BCUT2D eigenvalue weighted by molar-refractivity contribution is 0.102. The molecule has 8 heteroatoms. The van der Waals surface area contributed by atoms with Crippen molar-refractivity contribution in [2.75, 3.05) is 20.0 Å². The molecule has 7 nitrogen and oxygen atoms in total. The molecular formula is C27H29N3O4S. The molecule has 0 aliphatic rings. The normalized spacial score (nSPS) is 11.1. The number of hydrogen-bond donors (Lipinski definition) is 0. The van der Waals surface area contributed by atoms with Crippen molar-refractivity contribution in [3.8, 4) is 17.2 Å². The number of thioether (sulfide) groups is 1. The second kappa shape index (κ2) is 10.4. The molecular weight excluding hydrogens is 462 g/mol. The van der Waals surface area contributed by atoms with Gasteiger partial charge in [-0.25, -0.2) is 4.98 Å². The van der Waals surface area contributed by atoms with Crippen molar-refractivity contribution in [3.63, 3.8) is 0 Å². The van der Waals surface area contributed by atoms with Crippen LogP contribution in [0.15, 0.2) is 58.5 Å². The first kappa shape index (κ1) is 24.6. The van der Waals surface area contributed by atoms with E-state index in [2.05, 4.69) is 11.5 Å². The molecule has 0 saturated heterocycles. The predicted molar refractivity (Wildman–Crippen MR) is 140 cm³/mol. The van der Waals surface area contributed by atoms with E-state index >= 15 is 0 Å². The standard InChI is InChI=1S/C27H29N3O4S/c1-6-13-29-17(2)14-21(18(29)3)23(31)16-35-27-28-22-10-8-7-9-20(22)26(32)30(27)19-11-12-24(33-4)25(15-19)34-5/h7-12,14-15H,6,13,16H2,1-5H3. The number of para-hydroxylation sites is 1. The molecule has 0 aliphatic heterocycles. The van der Waals surface area contributed by atoms with Crippen LogP contribution >= 0.6 is 11.8 Å². The van der Waals surface area contributed by atoms with Gasteiger partial charge in [0.15, 0.2) is 22.4 Å². The third-order valence-corrected chi connectivity index (χ3v) is 6.96. The van der Waals surface area contributed by atoms with E-state index in [1.165, 1.54) is 16.3 Å². The number of hydrogen-bond acceptors (Lipinski definition) is 6. The van der Waals surface area contributed by atoms with Gasteiger partial charge in [-0.15, -0.1) is 0 Å². The molecule has 2 aromatic heterocycles. The molecule has 0 saturated carbocycles. The van der Waals surface area contributed by atoms with Crippen molar-refractivity contribution in [1.29, 1.82) is 0 Å². The molecule has 4 rings (SSSR count). The fourth-order valence-electron chi connectivity index (χ4n) is 4.26. The fraction of sp³-hybridized carbons (Fsp3) is 0.296. The van der Waals surface area contributed by atoms with Crippen molar-refractivity contribution in [2.45, 2.75) is 38.9 Å². The maximum Gasteiger partial charge on any atom is 0.266 e. The quantitative estimate of drug-likeness (QED) is 0.182. The van der Waals surface area contributed by atoms with Gasteiger partial charge in [-0.1, -0.05) is 30.8 Å². The molecule has 0 atom stereocenters. The Kier molecular flexibility index (Phi) is 7.31. The van der Waals surface area contributed by atoms with Crippen molar-refractivity contribution in [2.24, 2.45) is 0 Å². The van der Waals surface area contributed by atoms with Gasteiger partial charge in [-0.05, 0) is 50.6 Å². The number of methoxy groups -OCH3 is 2. The highest BCUT2D eigenvalue weighted by atomic mass is 32.2. The van der Waals surface area contributed by atoms with E-state index in [4.69, 9.17) is 14.5 Å². The smallest absolute Gasteiger partial charge is 0.266 e. The zero-order chi connectivity index (χ0) is 25.1. The summed E-state index contributed by atoms with van der Waals surface area (Å²) in [6.07, 6.45) is 0.997. The number of Topliss-reactive ketones (excluding diaryl/α,β-unsaturated/α-hetero) is 1. The first-order valence-electron chi connectivity index (χ1n) is 11.5. The summed E-state index contributed by atoms with van der Waals surface area (Å²) in [5.41, 5.74) is 3.72. The second-order valence-corrected chi connectivity index (χ2v) is 9.18. The van der Waals surface area contributed by atoms with Crippen molar-refractivity contribution < 1.29 is 14.3 Å². The molecule has 0 fully saturated rings. The minimum atomic E-state index is -0.209. The summed E-state index contributed by atoms with van der Waals surface area (Å²) in [4.78, 5) is 31.5. The number of nitrogens with zero attached hydrogens (tertiary/aromatic N) is 3. The molecule has 2 aromatic carbocycles. The molecule has 0 spiro atoms. The Morgan fingerprint density at radius 1 is 1.03 bits per heavy atom. The number of ketones is 1. The van der Waals surface area contributed by atoms with E-state index in [0.29, 0.717) is 38.8 Å². The summed E-state index contributed by atoms with van der Waals surface area (Å²) in [7, 11) is 3.11. The number of carbonyl (C=O) groups is 1. The molecule has 2 heterocycles. The molecule has 0 amide bonds. The van der Waals surface area contributed by atoms with E-state index < -0.39 is 0 Å². The Hall–Kier alpha value is -3.52. The van der Waals surface area contributed by atoms with Crippen LogP contribution in [-0.2, 0) is 6.54 Å². The minimum absolute atomic E-state index is 0.00622. The molecule has 0 N–H and O–H groups in total. The lowest BCUT2D eigenvalue weighted by atomic mass is 10.2. The summed E-state index contributed by atoms with van der Waals surface area (Å²) < 4.78 is 14.5. The van der Waals surface area contributed by atoms with Crippen LogP contribution in [0.4, 0.5) is 0 Å². The van der Waals surface area contributed by atoms with Gasteiger partial charge in [-0.3, -0.25) is 14.2 Å². The molecule has 0 bridgehead atoms. The van der Waals surface area contributed by atoms with Gasteiger partial charge in [0.25, 0.3) is 5.56 Å². The Morgan fingerprint density at radius 3 is 2.49 bits per heavy atom. The highest BCUT2D eigenvalue weighted by Gasteiger charge is 2.19. The van der Waals surface area contributed by atoms with Crippen LogP contribution in [0, 0.1) is 13.8 Å². The first-order valence-corrected chi connectivity index (χ1v) is 12.4. The Labute approximate surface area is 208 Å². The molecule has 0 unspecified atom stereocenters. The molecule has 35 heavy (non-hydrogen) atoms. The van der Waals surface area contributed by atoms with Crippen LogP contribution in [0.2, 0.25) is 0 Å². The second-order valence-electron chi connectivity index (χ2n) is 8.24. The Morgan fingerprint density at radius 2 is 1.77 bits per heavy atom. The van der Waals surface area contributed by atoms with Gasteiger partial charge in [0.05, 0.1) is 36.6 Å². The fourth-order valence-corrected chi connectivity index (χ4v) is 5.16. The van der Waals surface area contributed by atoms with Crippen molar-refractivity contribution in [3.05, 3.63) is 75.8 Å². The van der Waals surface area contributed by atoms with Gasteiger partial charge in [0.2, 0.25) is 0 Å². The summed E-state index contributed by atoms with van der Waals surface area (Å²) >= 11 is 1.26. The average molecular weight is 492 g/mol. The molecule has 0 aliphatic carbocycles.